The molecule has 0 amide bonds. The smallest absolute Gasteiger partial charge is 0.243 e. The molecule has 2 heterocycles. The Bertz CT molecular complexity index is 1190. The Hall–Kier alpha value is -2.22. The lowest BCUT2D eigenvalue weighted by molar-refractivity contribution is 0.477. The molecule has 32 heavy (non-hydrogen) atoms. The summed E-state index contributed by atoms with van der Waals surface area (Å²) < 4.78 is 30.0. The van der Waals surface area contributed by atoms with Crippen molar-refractivity contribution in [1.29, 1.82) is 0 Å². The predicted octanol–water partition coefficient (Wildman–Crippen LogP) is 5.81. The average molecular weight is 470 g/mol. The predicted molar refractivity (Wildman–Crippen MR) is 132 cm³/mol. The van der Waals surface area contributed by atoms with Crippen LogP contribution in [0.25, 0.3) is 11.3 Å². The van der Waals surface area contributed by atoms with Crippen LogP contribution in [0.3, 0.4) is 0 Å². The maximum atomic E-state index is 13.1. The van der Waals surface area contributed by atoms with E-state index in [9.17, 15) is 8.42 Å². The molecule has 2 aromatic carbocycles. The fourth-order valence-electron chi connectivity index (χ4n) is 4.07. The molecule has 1 aliphatic heterocycles. The molecule has 0 atom stereocenters. The molecule has 0 spiro atoms. The Balaban J connectivity index is 1.72. The van der Waals surface area contributed by atoms with Gasteiger partial charge >= 0.3 is 0 Å². The van der Waals surface area contributed by atoms with Crippen molar-refractivity contribution in [3.8, 4) is 11.3 Å². The van der Waals surface area contributed by atoms with Crippen molar-refractivity contribution >= 4 is 27.0 Å². The molecule has 0 radical (unpaired) electrons. The number of unbranched alkanes of at least 4 members (excludes halogenated alkanes) is 3. The summed E-state index contributed by atoms with van der Waals surface area (Å²) in [4.78, 5) is 6.19. The minimum Gasteiger partial charge on any atom is -0.316 e. The molecule has 5 nitrogen and oxygen atoms in total. The van der Waals surface area contributed by atoms with Crippen LogP contribution in [0, 0.1) is 0 Å². The molecule has 1 aromatic heterocycles. The maximum absolute atomic E-state index is 13.1. The third kappa shape index (κ3) is 5.22. The molecule has 0 unspecified atom stereocenters. The summed E-state index contributed by atoms with van der Waals surface area (Å²) in [5.41, 5.74) is 2.87. The third-order valence-corrected chi connectivity index (χ3v) is 8.60. The van der Waals surface area contributed by atoms with E-state index < -0.39 is 10.0 Å². The zero-order chi connectivity index (χ0) is 22.4. The molecule has 1 aliphatic rings. The van der Waals surface area contributed by atoms with E-state index in [0.717, 1.165) is 47.6 Å². The minimum absolute atomic E-state index is 0.377. The summed E-state index contributed by atoms with van der Waals surface area (Å²) >= 11 is 1.60. The highest BCUT2D eigenvalue weighted by Gasteiger charge is 2.27. The zero-order valence-corrected chi connectivity index (χ0v) is 20.2. The van der Waals surface area contributed by atoms with Gasteiger partial charge in [-0.15, -0.1) is 11.3 Å². The van der Waals surface area contributed by atoms with Gasteiger partial charge in [-0.1, -0.05) is 56.5 Å². The van der Waals surface area contributed by atoms with Crippen LogP contribution < -0.4 is 4.80 Å². The first-order valence-electron chi connectivity index (χ1n) is 11.5. The minimum atomic E-state index is -3.44. The van der Waals surface area contributed by atoms with Crippen LogP contribution in [0.15, 0.2) is 69.9 Å². The molecule has 0 bridgehead atoms. The second-order valence-corrected chi connectivity index (χ2v) is 11.0. The van der Waals surface area contributed by atoms with Gasteiger partial charge in [-0.3, -0.25) is 0 Å². The Labute approximate surface area is 195 Å². The summed E-state index contributed by atoms with van der Waals surface area (Å²) in [6, 6.07) is 17.4. The second-order valence-electron chi connectivity index (χ2n) is 8.20. The lowest BCUT2D eigenvalue weighted by atomic mass is 10.1. The SMILES string of the molecule is CCCCCCn1c(-c2cccc(S(=O)(=O)N3CCCC3)c2)csc1=Nc1ccccc1. The van der Waals surface area contributed by atoms with Crippen molar-refractivity contribution in [1.82, 2.24) is 8.87 Å². The average Bonchev–Trinajstić information content (AvgIpc) is 3.49. The number of rotatable bonds is 9. The van der Waals surface area contributed by atoms with Crippen molar-refractivity contribution in [3.63, 3.8) is 0 Å². The van der Waals surface area contributed by atoms with Gasteiger partial charge < -0.3 is 4.57 Å². The van der Waals surface area contributed by atoms with E-state index in [-0.39, 0.29) is 0 Å². The number of thiazole rings is 1. The molecule has 7 heteroatoms. The lowest BCUT2D eigenvalue weighted by Crippen LogP contribution is -2.27. The molecule has 1 fully saturated rings. The van der Waals surface area contributed by atoms with Crippen molar-refractivity contribution in [3.05, 3.63) is 64.8 Å². The Morgan fingerprint density at radius 2 is 1.75 bits per heavy atom. The van der Waals surface area contributed by atoms with E-state index in [1.165, 1.54) is 19.3 Å². The largest absolute Gasteiger partial charge is 0.316 e. The van der Waals surface area contributed by atoms with E-state index in [2.05, 4.69) is 16.9 Å². The maximum Gasteiger partial charge on any atom is 0.243 e. The third-order valence-electron chi connectivity index (χ3n) is 5.85. The highest BCUT2D eigenvalue weighted by molar-refractivity contribution is 7.89. The summed E-state index contributed by atoms with van der Waals surface area (Å²) in [6.07, 6.45) is 6.53. The number of nitrogens with zero attached hydrogens (tertiary/aromatic N) is 3. The first kappa shape index (κ1) is 23.0. The number of benzene rings is 2. The Morgan fingerprint density at radius 3 is 2.50 bits per heavy atom. The molecular formula is C25H31N3O2S2. The Kier molecular flexibility index (Phi) is 7.60. The topological polar surface area (TPSA) is 54.7 Å². The van der Waals surface area contributed by atoms with Gasteiger partial charge in [-0.05, 0) is 43.5 Å². The fraction of sp³-hybridized carbons (Fsp3) is 0.400. The second kappa shape index (κ2) is 10.6. The van der Waals surface area contributed by atoms with E-state index >= 15 is 0 Å². The number of hydrogen-bond donors (Lipinski definition) is 0. The number of sulfonamides is 1. The number of para-hydroxylation sites is 1. The van der Waals surface area contributed by atoms with E-state index in [1.54, 1.807) is 21.7 Å². The van der Waals surface area contributed by atoms with Crippen molar-refractivity contribution in [2.24, 2.45) is 4.99 Å². The van der Waals surface area contributed by atoms with Crippen LogP contribution in [0.5, 0.6) is 0 Å². The van der Waals surface area contributed by atoms with Gasteiger partial charge in [-0.2, -0.15) is 4.31 Å². The van der Waals surface area contributed by atoms with E-state index in [4.69, 9.17) is 4.99 Å². The van der Waals surface area contributed by atoms with Crippen LogP contribution in [0.4, 0.5) is 5.69 Å². The van der Waals surface area contributed by atoms with Crippen LogP contribution in [-0.4, -0.2) is 30.4 Å². The van der Waals surface area contributed by atoms with Crippen LogP contribution in [0.1, 0.15) is 45.4 Å². The zero-order valence-electron chi connectivity index (χ0n) is 18.6. The van der Waals surface area contributed by atoms with Gasteiger partial charge in [-0.25, -0.2) is 13.4 Å². The summed E-state index contributed by atoms with van der Waals surface area (Å²) in [6.45, 7) is 4.31. The quantitative estimate of drug-likeness (QED) is 0.371. The first-order chi connectivity index (χ1) is 15.6. The van der Waals surface area contributed by atoms with Gasteiger partial charge in [0.2, 0.25) is 10.0 Å². The molecule has 170 valence electrons. The van der Waals surface area contributed by atoms with Gasteiger partial charge in [0.15, 0.2) is 4.80 Å². The normalized spacial score (nSPS) is 15.5. The molecular weight excluding hydrogens is 438 g/mol. The van der Waals surface area contributed by atoms with Gasteiger partial charge in [0.25, 0.3) is 0 Å². The van der Waals surface area contributed by atoms with E-state index in [0.29, 0.717) is 18.0 Å². The summed E-state index contributed by atoms with van der Waals surface area (Å²) in [5.74, 6) is 0. The van der Waals surface area contributed by atoms with Gasteiger partial charge in [0.05, 0.1) is 16.3 Å². The van der Waals surface area contributed by atoms with Crippen molar-refractivity contribution < 1.29 is 8.42 Å². The molecule has 3 aromatic rings. The number of aromatic nitrogens is 1. The number of hydrogen-bond acceptors (Lipinski definition) is 4. The van der Waals surface area contributed by atoms with E-state index in [1.807, 2.05) is 48.5 Å². The molecule has 0 aliphatic carbocycles. The van der Waals surface area contributed by atoms with Gasteiger partial charge in [0, 0.05) is 30.6 Å². The summed E-state index contributed by atoms with van der Waals surface area (Å²) in [5, 5.41) is 2.10. The van der Waals surface area contributed by atoms with Crippen LogP contribution in [-0.2, 0) is 16.6 Å². The standard InChI is InChI=1S/C25H31N3O2S2/c1-2-3-4-8-18-28-24(20-31-25(28)26-22-13-6-5-7-14-22)21-12-11-15-23(19-21)32(29,30)27-16-9-10-17-27/h5-7,11-15,19-20H,2-4,8-10,16-18H2,1H3. The highest BCUT2D eigenvalue weighted by Crippen LogP contribution is 2.27. The molecule has 0 saturated carbocycles. The molecule has 4 rings (SSSR count). The Morgan fingerprint density at radius 1 is 0.969 bits per heavy atom. The van der Waals surface area contributed by atoms with Gasteiger partial charge in [0.1, 0.15) is 0 Å². The lowest BCUT2D eigenvalue weighted by Gasteiger charge is -2.16. The van der Waals surface area contributed by atoms with Crippen LogP contribution in [0.2, 0.25) is 0 Å². The molecule has 1 saturated heterocycles. The first-order valence-corrected chi connectivity index (χ1v) is 13.8. The summed E-state index contributed by atoms with van der Waals surface area (Å²) in [7, 11) is -3.44. The molecule has 0 N–H and O–H groups in total. The highest BCUT2D eigenvalue weighted by atomic mass is 32.2. The monoisotopic (exact) mass is 469 g/mol. The van der Waals surface area contributed by atoms with Crippen molar-refractivity contribution in [2.75, 3.05) is 13.1 Å². The van der Waals surface area contributed by atoms with Crippen molar-refractivity contribution in [2.45, 2.75) is 56.9 Å². The van der Waals surface area contributed by atoms with Crippen LogP contribution >= 0.6 is 11.3 Å². The fourth-order valence-corrected chi connectivity index (χ4v) is 6.59.